The SMILES string of the molecule is CC(=O)C1CCCN1C(=O)C(Cc1ccc2ccccc2c1)NC(=O)C(Cc1ccc2ccccc2c1)NC(=O)C1CCNCC1. The summed E-state index contributed by atoms with van der Waals surface area (Å²) in [6.07, 6.45) is 3.32. The molecule has 3 atom stereocenters. The third-order valence-corrected chi connectivity index (χ3v) is 9.47. The van der Waals surface area contributed by atoms with Gasteiger partial charge in [0, 0.05) is 25.3 Å². The number of rotatable bonds is 10. The molecule has 4 aromatic rings. The number of Topliss-reactive ketones (excluding diaryl/α,β-unsaturated/α-hetero) is 1. The number of carbonyl (C=O) groups is 4. The highest BCUT2D eigenvalue weighted by Gasteiger charge is 2.37. The van der Waals surface area contributed by atoms with Crippen molar-refractivity contribution < 1.29 is 19.2 Å². The molecule has 2 aliphatic heterocycles. The van der Waals surface area contributed by atoms with E-state index in [9.17, 15) is 19.2 Å². The fourth-order valence-electron chi connectivity index (χ4n) is 6.91. The second-order valence-electron chi connectivity index (χ2n) is 12.7. The van der Waals surface area contributed by atoms with Crippen molar-refractivity contribution in [2.45, 2.75) is 63.6 Å². The van der Waals surface area contributed by atoms with Crippen molar-refractivity contribution in [3.63, 3.8) is 0 Å². The molecule has 46 heavy (non-hydrogen) atoms. The van der Waals surface area contributed by atoms with Crippen LogP contribution in [0.4, 0.5) is 0 Å². The lowest BCUT2D eigenvalue weighted by atomic mass is 9.95. The number of piperidine rings is 1. The van der Waals surface area contributed by atoms with Gasteiger partial charge in [0.1, 0.15) is 12.1 Å². The van der Waals surface area contributed by atoms with Crippen molar-refractivity contribution in [2.24, 2.45) is 5.92 Å². The van der Waals surface area contributed by atoms with Gasteiger partial charge in [0.25, 0.3) is 0 Å². The van der Waals surface area contributed by atoms with Crippen LogP contribution in [0.1, 0.15) is 43.7 Å². The predicted octanol–water partition coefficient (Wildman–Crippen LogP) is 4.33. The lowest BCUT2D eigenvalue weighted by Gasteiger charge is -2.30. The van der Waals surface area contributed by atoms with Crippen LogP contribution in [0.25, 0.3) is 21.5 Å². The molecule has 2 heterocycles. The summed E-state index contributed by atoms with van der Waals surface area (Å²) in [4.78, 5) is 55.9. The third kappa shape index (κ3) is 7.29. The largest absolute Gasteiger partial charge is 0.344 e. The zero-order valence-electron chi connectivity index (χ0n) is 26.3. The first-order chi connectivity index (χ1) is 22.4. The Morgan fingerprint density at radius 3 is 1.89 bits per heavy atom. The van der Waals surface area contributed by atoms with Gasteiger partial charge in [-0.1, -0.05) is 84.9 Å². The van der Waals surface area contributed by atoms with Crippen LogP contribution in [0.2, 0.25) is 0 Å². The van der Waals surface area contributed by atoms with E-state index in [0.29, 0.717) is 25.8 Å². The number of carbonyl (C=O) groups excluding carboxylic acids is 4. The molecule has 0 bridgehead atoms. The molecule has 238 valence electrons. The number of likely N-dealkylation sites (tertiary alicyclic amines) is 1. The maximum atomic E-state index is 14.2. The summed E-state index contributed by atoms with van der Waals surface area (Å²) in [5, 5.41) is 13.7. The number of benzene rings is 4. The molecule has 8 heteroatoms. The van der Waals surface area contributed by atoms with Gasteiger partial charge < -0.3 is 20.9 Å². The van der Waals surface area contributed by atoms with Crippen LogP contribution in [-0.2, 0) is 32.0 Å². The van der Waals surface area contributed by atoms with Crippen molar-refractivity contribution >= 4 is 45.0 Å². The lowest BCUT2D eigenvalue weighted by molar-refractivity contribution is -0.141. The molecule has 3 amide bonds. The number of amides is 3. The van der Waals surface area contributed by atoms with E-state index in [0.717, 1.165) is 52.2 Å². The van der Waals surface area contributed by atoms with Crippen LogP contribution in [0.15, 0.2) is 84.9 Å². The minimum Gasteiger partial charge on any atom is -0.344 e. The van der Waals surface area contributed by atoms with Crippen LogP contribution in [0, 0.1) is 5.92 Å². The Bertz CT molecular complexity index is 1750. The summed E-state index contributed by atoms with van der Waals surface area (Å²) < 4.78 is 0. The number of hydrogen-bond acceptors (Lipinski definition) is 5. The summed E-state index contributed by atoms with van der Waals surface area (Å²) in [6.45, 7) is 3.51. The number of nitrogens with zero attached hydrogens (tertiary/aromatic N) is 1. The highest BCUT2D eigenvalue weighted by Crippen LogP contribution is 2.23. The van der Waals surface area contributed by atoms with Gasteiger partial charge in [0.05, 0.1) is 6.04 Å². The summed E-state index contributed by atoms with van der Waals surface area (Å²) in [7, 11) is 0. The van der Waals surface area contributed by atoms with E-state index in [1.165, 1.54) is 6.92 Å². The molecular formula is C38H42N4O4. The maximum Gasteiger partial charge on any atom is 0.246 e. The third-order valence-electron chi connectivity index (χ3n) is 9.47. The normalized spacial score (nSPS) is 18.3. The quantitative estimate of drug-likeness (QED) is 0.245. The van der Waals surface area contributed by atoms with Crippen LogP contribution in [0.5, 0.6) is 0 Å². The van der Waals surface area contributed by atoms with E-state index < -0.39 is 24.0 Å². The second kappa shape index (κ2) is 14.3. The second-order valence-corrected chi connectivity index (χ2v) is 12.7. The van der Waals surface area contributed by atoms with E-state index in [1.54, 1.807) is 4.90 Å². The molecule has 6 rings (SSSR count). The first-order valence-corrected chi connectivity index (χ1v) is 16.4. The van der Waals surface area contributed by atoms with E-state index >= 15 is 0 Å². The van der Waals surface area contributed by atoms with Crippen LogP contribution >= 0.6 is 0 Å². The molecule has 0 aromatic heterocycles. The Labute approximate surface area is 269 Å². The number of ketones is 1. The number of hydrogen-bond donors (Lipinski definition) is 3. The first kappa shape index (κ1) is 31.4. The van der Waals surface area contributed by atoms with Gasteiger partial charge in [-0.05, 0) is 78.4 Å². The number of fused-ring (bicyclic) bond motifs is 2. The fraction of sp³-hybridized carbons (Fsp3) is 0.368. The van der Waals surface area contributed by atoms with E-state index in [2.05, 4.69) is 16.0 Å². The van der Waals surface area contributed by atoms with Crippen molar-refractivity contribution in [3.05, 3.63) is 96.1 Å². The predicted molar refractivity (Wildman–Crippen MR) is 180 cm³/mol. The van der Waals surface area contributed by atoms with Gasteiger partial charge in [0.2, 0.25) is 17.7 Å². The van der Waals surface area contributed by atoms with E-state index in [-0.39, 0.29) is 36.4 Å². The fourth-order valence-corrected chi connectivity index (χ4v) is 6.91. The standard InChI is InChI=1S/C38H42N4O4/c1-25(43)35-11-6-20-42(35)38(46)34(24-27-13-15-29-8-3-5-10-32(29)22-27)41-37(45)33(40-36(44)30-16-18-39-19-17-30)23-26-12-14-28-7-2-4-9-31(28)21-26/h2-5,7-10,12-15,21-22,30,33-35,39H,6,11,16-20,23-24H2,1H3,(H,40,44)(H,41,45). The van der Waals surface area contributed by atoms with Crippen molar-refractivity contribution in [2.75, 3.05) is 19.6 Å². The number of nitrogens with one attached hydrogen (secondary N) is 3. The molecule has 2 aliphatic rings. The minimum absolute atomic E-state index is 0.0509. The minimum atomic E-state index is -0.900. The van der Waals surface area contributed by atoms with Crippen LogP contribution in [0.3, 0.4) is 0 Å². The van der Waals surface area contributed by atoms with Crippen LogP contribution in [-0.4, -0.2) is 66.2 Å². The zero-order chi connectivity index (χ0) is 32.0. The topological polar surface area (TPSA) is 108 Å². The molecule has 2 saturated heterocycles. The molecule has 0 aliphatic carbocycles. The van der Waals surface area contributed by atoms with Gasteiger partial charge in [0.15, 0.2) is 5.78 Å². The van der Waals surface area contributed by atoms with Gasteiger partial charge >= 0.3 is 0 Å². The highest BCUT2D eigenvalue weighted by atomic mass is 16.2. The molecule has 4 aromatic carbocycles. The molecule has 0 radical (unpaired) electrons. The van der Waals surface area contributed by atoms with E-state index in [4.69, 9.17) is 0 Å². The Morgan fingerprint density at radius 2 is 1.30 bits per heavy atom. The van der Waals surface area contributed by atoms with Crippen molar-refractivity contribution in [1.29, 1.82) is 0 Å². The van der Waals surface area contributed by atoms with Gasteiger partial charge in [-0.15, -0.1) is 0 Å². The summed E-state index contributed by atoms with van der Waals surface area (Å²) >= 11 is 0. The molecule has 0 spiro atoms. The zero-order valence-corrected chi connectivity index (χ0v) is 26.3. The molecule has 0 saturated carbocycles. The molecule has 2 fully saturated rings. The summed E-state index contributed by atoms with van der Waals surface area (Å²) in [5.74, 6) is -1.05. The molecule has 8 nitrogen and oxygen atoms in total. The van der Waals surface area contributed by atoms with Gasteiger partial charge in [-0.25, -0.2) is 0 Å². The Balaban J connectivity index is 1.28. The Hall–Kier alpha value is -4.56. The van der Waals surface area contributed by atoms with Gasteiger partial charge in [-0.3, -0.25) is 19.2 Å². The Kier molecular flexibility index (Phi) is 9.73. The highest BCUT2D eigenvalue weighted by molar-refractivity contribution is 5.95. The molecule has 3 unspecified atom stereocenters. The van der Waals surface area contributed by atoms with Crippen LogP contribution < -0.4 is 16.0 Å². The maximum absolute atomic E-state index is 14.2. The monoisotopic (exact) mass is 618 g/mol. The van der Waals surface area contributed by atoms with Gasteiger partial charge in [-0.2, -0.15) is 0 Å². The van der Waals surface area contributed by atoms with Crippen molar-refractivity contribution in [3.8, 4) is 0 Å². The van der Waals surface area contributed by atoms with E-state index in [1.807, 2.05) is 84.9 Å². The first-order valence-electron chi connectivity index (χ1n) is 16.4. The summed E-state index contributed by atoms with van der Waals surface area (Å²) in [5.41, 5.74) is 1.82. The van der Waals surface area contributed by atoms with Crippen molar-refractivity contribution in [1.82, 2.24) is 20.9 Å². The average Bonchev–Trinajstić information content (AvgIpc) is 3.58. The smallest absolute Gasteiger partial charge is 0.246 e. The lowest BCUT2D eigenvalue weighted by Crippen LogP contribution is -2.57. The average molecular weight is 619 g/mol. The molecular weight excluding hydrogens is 576 g/mol. The Morgan fingerprint density at radius 1 is 0.739 bits per heavy atom. The summed E-state index contributed by atoms with van der Waals surface area (Å²) in [6, 6.07) is 25.9. The molecule has 3 N–H and O–H groups in total.